The smallest absolute Gasteiger partial charge is 0.194 e. The predicted octanol–water partition coefficient (Wildman–Crippen LogP) is 8.01. The minimum atomic E-state index is -1.36. The van der Waals surface area contributed by atoms with Gasteiger partial charge in [-0.05, 0) is 106 Å². The lowest BCUT2D eigenvalue weighted by molar-refractivity contribution is 0.144. The summed E-state index contributed by atoms with van der Waals surface area (Å²) in [5.74, 6) is -0.175. The van der Waals surface area contributed by atoms with E-state index < -0.39 is 17.5 Å². The molecule has 0 bridgehead atoms. The van der Waals surface area contributed by atoms with Crippen LogP contribution < -0.4 is 0 Å². The normalized spacial score (nSPS) is 28.7. The number of hydrogen-bond acceptors (Lipinski definition) is 0. The largest absolute Gasteiger partial charge is 0.204 e. The molecule has 0 aliphatic heterocycles. The minimum absolute atomic E-state index is 0.578. The molecule has 0 spiro atoms. The summed E-state index contributed by atoms with van der Waals surface area (Å²) in [5.41, 5.74) is 0.578. The first-order valence-corrected chi connectivity index (χ1v) is 11.3. The van der Waals surface area contributed by atoms with E-state index in [4.69, 9.17) is 0 Å². The summed E-state index contributed by atoms with van der Waals surface area (Å²) in [5, 5.41) is 0. The van der Waals surface area contributed by atoms with Crippen LogP contribution in [0.4, 0.5) is 13.2 Å². The number of allylic oxidation sites excluding steroid dienone is 2. The fourth-order valence-corrected chi connectivity index (χ4v) is 5.42. The van der Waals surface area contributed by atoms with Gasteiger partial charge >= 0.3 is 0 Å². The van der Waals surface area contributed by atoms with E-state index in [-0.39, 0.29) is 0 Å². The Hall–Kier alpha value is -1.25. The maximum Gasteiger partial charge on any atom is 0.194 e. The van der Waals surface area contributed by atoms with Crippen LogP contribution in [-0.4, -0.2) is 0 Å². The first-order valence-electron chi connectivity index (χ1n) is 11.3. The monoisotopic (exact) mass is 392 g/mol. The summed E-state index contributed by atoms with van der Waals surface area (Å²) in [4.78, 5) is 0. The van der Waals surface area contributed by atoms with Gasteiger partial charge in [0.2, 0.25) is 0 Å². The lowest BCUT2D eigenvalue weighted by Gasteiger charge is -2.37. The van der Waals surface area contributed by atoms with Gasteiger partial charge in [0, 0.05) is 0 Å². The molecule has 0 heterocycles. The second kappa shape index (κ2) is 10.5. The van der Waals surface area contributed by atoms with Crippen molar-refractivity contribution in [3.05, 3.63) is 47.3 Å². The topological polar surface area (TPSA) is 0 Å². The van der Waals surface area contributed by atoms with Crippen molar-refractivity contribution in [3.63, 3.8) is 0 Å². The van der Waals surface area contributed by atoms with Gasteiger partial charge in [0.25, 0.3) is 0 Å². The van der Waals surface area contributed by atoms with Crippen LogP contribution in [0.1, 0.15) is 83.1 Å². The lowest BCUT2D eigenvalue weighted by Crippen LogP contribution is -2.26. The summed E-state index contributed by atoms with van der Waals surface area (Å²) < 4.78 is 39.8. The van der Waals surface area contributed by atoms with Crippen molar-refractivity contribution in [3.8, 4) is 0 Å². The van der Waals surface area contributed by atoms with Crippen molar-refractivity contribution >= 4 is 0 Å². The molecule has 0 radical (unpaired) electrons. The van der Waals surface area contributed by atoms with Gasteiger partial charge in [-0.2, -0.15) is 0 Å². The Bertz CT molecular complexity index is 612. The van der Waals surface area contributed by atoms with Crippen LogP contribution in [0.3, 0.4) is 0 Å². The van der Waals surface area contributed by atoms with Gasteiger partial charge in [-0.25, -0.2) is 13.2 Å². The Morgan fingerprint density at radius 1 is 0.786 bits per heavy atom. The zero-order valence-electron chi connectivity index (χ0n) is 17.2. The van der Waals surface area contributed by atoms with Crippen LogP contribution in [0.5, 0.6) is 0 Å². The van der Waals surface area contributed by atoms with Crippen molar-refractivity contribution in [2.75, 3.05) is 0 Å². The molecule has 156 valence electrons. The van der Waals surface area contributed by atoms with Gasteiger partial charge in [-0.15, -0.1) is 0 Å². The van der Waals surface area contributed by atoms with E-state index in [2.05, 4.69) is 19.1 Å². The third kappa shape index (κ3) is 5.87. The Labute approximate surface area is 168 Å². The summed E-state index contributed by atoms with van der Waals surface area (Å²) in [6.45, 7) is 2.19. The number of benzene rings is 1. The van der Waals surface area contributed by atoms with Crippen LogP contribution in [0.25, 0.3) is 0 Å². The molecule has 1 aromatic rings. The number of hydrogen-bond donors (Lipinski definition) is 0. The van der Waals surface area contributed by atoms with Crippen molar-refractivity contribution in [2.24, 2.45) is 23.7 Å². The summed E-state index contributed by atoms with van der Waals surface area (Å²) >= 11 is 0. The molecular weight excluding hydrogens is 357 g/mol. The van der Waals surface area contributed by atoms with Crippen molar-refractivity contribution in [1.82, 2.24) is 0 Å². The SMILES string of the molecule is CC/C=C/CC1CCC(C2CCC(CCc3cc(F)c(F)c(F)c3)CC2)CC1. The van der Waals surface area contributed by atoms with Crippen LogP contribution in [-0.2, 0) is 6.42 Å². The first kappa shape index (κ1) is 21.5. The molecular formula is C25H35F3. The van der Waals surface area contributed by atoms with Gasteiger partial charge in [0.15, 0.2) is 17.5 Å². The number of rotatable bonds is 7. The highest BCUT2D eigenvalue weighted by Gasteiger charge is 2.30. The molecule has 0 N–H and O–H groups in total. The summed E-state index contributed by atoms with van der Waals surface area (Å²) in [7, 11) is 0. The number of halogens is 3. The third-order valence-electron chi connectivity index (χ3n) is 7.21. The summed E-state index contributed by atoms with van der Waals surface area (Å²) in [6, 6.07) is 2.30. The molecule has 0 aromatic heterocycles. The molecule has 3 rings (SSSR count). The molecule has 0 nitrogen and oxygen atoms in total. The Morgan fingerprint density at radius 2 is 1.32 bits per heavy atom. The average molecular weight is 393 g/mol. The Kier molecular flexibility index (Phi) is 8.05. The average Bonchev–Trinajstić information content (AvgIpc) is 2.71. The Morgan fingerprint density at radius 3 is 1.86 bits per heavy atom. The first-order chi connectivity index (χ1) is 13.6. The molecule has 0 unspecified atom stereocenters. The van der Waals surface area contributed by atoms with Crippen LogP contribution >= 0.6 is 0 Å². The molecule has 2 aliphatic rings. The minimum Gasteiger partial charge on any atom is -0.204 e. The zero-order valence-corrected chi connectivity index (χ0v) is 17.2. The maximum atomic E-state index is 13.4. The van der Waals surface area contributed by atoms with Gasteiger partial charge < -0.3 is 0 Å². The second-order valence-electron chi connectivity index (χ2n) is 9.09. The quantitative estimate of drug-likeness (QED) is 0.326. The van der Waals surface area contributed by atoms with Gasteiger partial charge in [-0.1, -0.05) is 31.9 Å². The molecule has 28 heavy (non-hydrogen) atoms. The Balaban J connectivity index is 1.37. The standard InChI is InChI=1S/C25H35F3/c1-2-3-4-5-18-8-12-21(13-9-18)22-14-10-19(11-15-22)6-7-20-16-23(26)25(28)24(27)17-20/h3-4,16-19,21-22H,2,5-15H2,1H3/b4-3+. The second-order valence-corrected chi connectivity index (χ2v) is 9.09. The molecule has 2 saturated carbocycles. The molecule has 0 saturated heterocycles. The maximum absolute atomic E-state index is 13.4. The lowest BCUT2D eigenvalue weighted by atomic mass is 9.68. The van der Waals surface area contributed by atoms with Gasteiger partial charge in [0.1, 0.15) is 0 Å². The zero-order chi connectivity index (χ0) is 19.9. The fourth-order valence-electron chi connectivity index (χ4n) is 5.42. The molecule has 0 amide bonds. The summed E-state index contributed by atoms with van der Waals surface area (Å²) in [6.07, 6.45) is 19.3. The van der Waals surface area contributed by atoms with E-state index in [0.29, 0.717) is 17.9 Å². The fraction of sp³-hybridized carbons (Fsp3) is 0.680. The molecule has 0 atom stereocenters. The van der Waals surface area contributed by atoms with E-state index in [1.54, 1.807) is 0 Å². The highest BCUT2D eigenvalue weighted by molar-refractivity contribution is 5.19. The molecule has 1 aromatic carbocycles. The van der Waals surface area contributed by atoms with E-state index in [9.17, 15) is 13.2 Å². The van der Waals surface area contributed by atoms with E-state index >= 15 is 0 Å². The van der Waals surface area contributed by atoms with Gasteiger partial charge in [0.05, 0.1) is 0 Å². The molecule has 3 heteroatoms. The van der Waals surface area contributed by atoms with E-state index in [1.165, 1.54) is 57.8 Å². The van der Waals surface area contributed by atoms with Crippen LogP contribution in [0.15, 0.2) is 24.3 Å². The van der Waals surface area contributed by atoms with Crippen molar-refractivity contribution in [1.29, 1.82) is 0 Å². The van der Waals surface area contributed by atoms with E-state index in [1.807, 2.05) is 0 Å². The van der Waals surface area contributed by atoms with Crippen molar-refractivity contribution < 1.29 is 13.2 Å². The molecule has 2 fully saturated rings. The van der Waals surface area contributed by atoms with Crippen LogP contribution in [0.2, 0.25) is 0 Å². The third-order valence-corrected chi connectivity index (χ3v) is 7.21. The van der Waals surface area contributed by atoms with Crippen LogP contribution in [0, 0.1) is 41.1 Å². The van der Waals surface area contributed by atoms with Crippen molar-refractivity contribution in [2.45, 2.75) is 84.0 Å². The van der Waals surface area contributed by atoms with Gasteiger partial charge in [-0.3, -0.25) is 0 Å². The number of aryl methyl sites for hydroxylation is 1. The highest BCUT2D eigenvalue weighted by atomic mass is 19.2. The highest BCUT2D eigenvalue weighted by Crippen LogP contribution is 2.42. The van der Waals surface area contributed by atoms with E-state index in [0.717, 1.165) is 42.7 Å². The predicted molar refractivity (Wildman–Crippen MR) is 110 cm³/mol. The molecule has 2 aliphatic carbocycles.